The first-order valence-electron chi connectivity index (χ1n) is 17.9. The molecule has 0 aliphatic heterocycles. The molecule has 56 heavy (non-hydrogen) atoms. The number of methoxy groups -OCH3 is 1. The summed E-state index contributed by atoms with van der Waals surface area (Å²) in [6, 6.07) is 10.9. The predicted molar refractivity (Wildman–Crippen MR) is 198 cm³/mol. The van der Waals surface area contributed by atoms with Gasteiger partial charge in [0.1, 0.15) is 30.9 Å². The summed E-state index contributed by atoms with van der Waals surface area (Å²) < 4.78 is 55.1. The second kappa shape index (κ2) is 20.9. The number of amides is 1. The number of halogens is 1. The standard InChI is InChI=1S/C38H46FN7O10/c1-7-27(8-2)56-38(49)55-22-54-36-44-34(45-46(36)35-41-14-9-15-42-35)30(29-19-28(50-6)20-31(32(29)39)52-17-16-51-24(5)47)18-25-10-12-26(13-11-25)33(40)43-37(48)53-21-23(3)4/h9-15,19-20,23,27,30H,7-8,16-18,21-22H2,1-6H3,(H2,40,43,48)/t30-/m1/s1. The average Bonchev–Trinajstić information content (AvgIpc) is 3.61. The van der Waals surface area contributed by atoms with Gasteiger partial charge < -0.3 is 33.2 Å². The molecule has 18 heteroatoms. The summed E-state index contributed by atoms with van der Waals surface area (Å²) in [5.41, 5.74) is 1.13. The third-order valence-electron chi connectivity index (χ3n) is 7.94. The van der Waals surface area contributed by atoms with Gasteiger partial charge in [-0.25, -0.2) is 23.9 Å². The highest BCUT2D eigenvalue weighted by atomic mass is 19.1. The average molecular weight is 780 g/mol. The van der Waals surface area contributed by atoms with Crippen LogP contribution in [0.3, 0.4) is 0 Å². The summed E-state index contributed by atoms with van der Waals surface area (Å²) in [5.74, 6) is -2.10. The monoisotopic (exact) mass is 779 g/mol. The van der Waals surface area contributed by atoms with Crippen LogP contribution in [0.5, 0.6) is 17.5 Å². The highest BCUT2D eigenvalue weighted by Gasteiger charge is 2.29. The third-order valence-corrected chi connectivity index (χ3v) is 7.94. The van der Waals surface area contributed by atoms with Gasteiger partial charge in [0.05, 0.1) is 19.6 Å². The van der Waals surface area contributed by atoms with Crippen molar-refractivity contribution in [3.05, 3.63) is 83.2 Å². The van der Waals surface area contributed by atoms with Gasteiger partial charge in [-0.2, -0.15) is 4.98 Å². The molecule has 4 aromatic rings. The molecule has 0 unspecified atom stereocenters. The van der Waals surface area contributed by atoms with Gasteiger partial charge in [-0.1, -0.05) is 52.0 Å². The van der Waals surface area contributed by atoms with E-state index in [1.807, 2.05) is 27.7 Å². The molecule has 1 atom stereocenters. The number of carbonyl (C=O) groups excluding carboxylic acids is 3. The van der Waals surface area contributed by atoms with E-state index in [1.165, 1.54) is 43.2 Å². The molecule has 4 rings (SSSR count). The van der Waals surface area contributed by atoms with Crippen molar-refractivity contribution in [1.82, 2.24) is 30.0 Å². The van der Waals surface area contributed by atoms with Crippen LogP contribution >= 0.6 is 0 Å². The van der Waals surface area contributed by atoms with E-state index < -0.39 is 36.7 Å². The smallest absolute Gasteiger partial charge is 0.497 e. The van der Waals surface area contributed by atoms with Crippen LogP contribution in [0.25, 0.3) is 5.95 Å². The largest absolute Gasteiger partial charge is 0.511 e. The first-order chi connectivity index (χ1) is 26.9. The minimum atomic E-state index is -0.955. The predicted octanol–water partition coefficient (Wildman–Crippen LogP) is 5.91. The van der Waals surface area contributed by atoms with Gasteiger partial charge in [0, 0.05) is 36.5 Å². The number of aromatic nitrogens is 5. The van der Waals surface area contributed by atoms with Crippen molar-refractivity contribution in [2.45, 2.75) is 65.9 Å². The van der Waals surface area contributed by atoms with Gasteiger partial charge >= 0.3 is 24.2 Å². The summed E-state index contributed by atoms with van der Waals surface area (Å²) in [5, 5.41) is 15.4. The first kappa shape index (κ1) is 42.4. The van der Waals surface area contributed by atoms with Gasteiger partial charge in [0.2, 0.25) is 6.79 Å². The van der Waals surface area contributed by atoms with Crippen LogP contribution in [0, 0.1) is 17.1 Å². The van der Waals surface area contributed by atoms with E-state index in [-0.39, 0.29) is 78.9 Å². The number of ether oxygens (including phenoxy) is 7. The summed E-state index contributed by atoms with van der Waals surface area (Å²) in [6.45, 7) is 8.14. The molecule has 0 radical (unpaired) electrons. The minimum Gasteiger partial charge on any atom is -0.497 e. The van der Waals surface area contributed by atoms with Gasteiger partial charge in [-0.3, -0.25) is 15.5 Å². The fourth-order valence-electron chi connectivity index (χ4n) is 5.08. The number of carbonyl (C=O) groups is 3. The van der Waals surface area contributed by atoms with Gasteiger partial charge in [0.25, 0.3) is 5.95 Å². The van der Waals surface area contributed by atoms with Gasteiger partial charge in [-0.15, -0.1) is 9.78 Å². The lowest BCUT2D eigenvalue weighted by Gasteiger charge is -2.19. The molecule has 0 spiro atoms. The molecule has 300 valence electrons. The number of alkyl carbamates (subject to hydrolysis) is 1. The normalized spacial score (nSPS) is 11.4. The SMILES string of the molecule is CCC(CC)OC(=O)OCOc1nc([C@H](Cc2ccc(C(=N)NC(=O)OCC(C)C)cc2)c2cc(OC)cc(OCCOC(C)=O)c2F)nn1-c1ncccn1. The number of nitrogens with one attached hydrogen (secondary N) is 2. The van der Waals surface area contributed by atoms with Crippen LogP contribution in [0.2, 0.25) is 0 Å². The third kappa shape index (κ3) is 12.4. The highest BCUT2D eigenvalue weighted by Crippen LogP contribution is 2.37. The van der Waals surface area contributed by atoms with Crippen molar-refractivity contribution in [3.8, 4) is 23.5 Å². The van der Waals surface area contributed by atoms with Crippen LogP contribution in [-0.4, -0.2) is 88.6 Å². The Balaban J connectivity index is 1.72. The number of benzene rings is 2. The van der Waals surface area contributed by atoms with Crippen LogP contribution in [0.1, 0.15) is 75.9 Å². The van der Waals surface area contributed by atoms with Gasteiger partial charge in [0.15, 0.2) is 17.4 Å². The number of amidine groups is 1. The zero-order chi connectivity index (χ0) is 40.6. The maximum absolute atomic E-state index is 16.5. The Morgan fingerprint density at radius 2 is 1.68 bits per heavy atom. The molecule has 1 amide bonds. The number of esters is 1. The second-order valence-electron chi connectivity index (χ2n) is 12.6. The van der Waals surface area contributed by atoms with Crippen molar-refractivity contribution in [1.29, 1.82) is 5.41 Å². The zero-order valence-electron chi connectivity index (χ0n) is 32.1. The van der Waals surface area contributed by atoms with E-state index >= 15 is 4.39 Å². The summed E-state index contributed by atoms with van der Waals surface area (Å²) in [7, 11) is 1.41. The first-order valence-corrected chi connectivity index (χ1v) is 17.9. The number of nitrogens with zero attached hydrogens (tertiary/aromatic N) is 5. The molecule has 0 saturated heterocycles. The van der Waals surface area contributed by atoms with Crippen molar-refractivity contribution in [2.75, 3.05) is 33.7 Å². The lowest BCUT2D eigenvalue weighted by molar-refractivity contribution is -0.141. The molecule has 0 aliphatic rings. The van der Waals surface area contributed by atoms with Crippen LogP contribution in [0.4, 0.5) is 14.0 Å². The summed E-state index contributed by atoms with van der Waals surface area (Å²) in [6.07, 6.45) is 2.25. The van der Waals surface area contributed by atoms with E-state index in [0.717, 1.165) is 0 Å². The molecule has 0 bridgehead atoms. The van der Waals surface area contributed by atoms with E-state index in [4.69, 9.17) is 38.6 Å². The maximum Gasteiger partial charge on any atom is 0.511 e. The zero-order valence-corrected chi connectivity index (χ0v) is 32.1. The van der Waals surface area contributed by atoms with E-state index in [0.29, 0.717) is 24.0 Å². The molecular weight excluding hydrogens is 733 g/mol. The van der Waals surface area contributed by atoms with E-state index in [9.17, 15) is 14.4 Å². The minimum absolute atomic E-state index is 0.0523. The van der Waals surface area contributed by atoms with E-state index in [2.05, 4.69) is 25.4 Å². The summed E-state index contributed by atoms with van der Waals surface area (Å²) in [4.78, 5) is 48.9. The fourth-order valence-corrected chi connectivity index (χ4v) is 5.08. The molecule has 2 aromatic heterocycles. The van der Waals surface area contributed by atoms with Crippen LogP contribution in [0.15, 0.2) is 54.9 Å². The molecule has 2 N–H and O–H groups in total. The Kier molecular flexibility index (Phi) is 15.9. The van der Waals surface area contributed by atoms with Crippen molar-refractivity contribution < 1.29 is 51.9 Å². The van der Waals surface area contributed by atoms with Crippen molar-refractivity contribution >= 4 is 24.1 Å². The number of hydrogen-bond acceptors (Lipinski definition) is 15. The van der Waals surface area contributed by atoms with E-state index in [1.54, 1.807) is 30.3 Å². The summed E-state index contributed by atoms with van der Waals surface area (Å²) >= 11 is 0. The fraction of sp³-hybridized carbons (Fsp3) is 0.421. The molecule has 17 nitrogen and oxygen atoms in total. The van der Waals surface area contributed by atoms with Crippen molar-refractivity contribution in [2.24, 2.45) is 5.92 Å². The lowest BCUT2D eigenvalue weighted by atomic mass is 9.90. The maximum atomic E-state index is 16.5. The molecular formula is C38H46FN7O10. The van der Waals surface area contributed by atoms with Crippen LogP contribution < -0.4 is 19.5 Å². The quantitative estimate of drug-likeness (QED) is 0.0283. The number of rotatable bonds is 19. The Labute approximate surface area is 323 Å². The Hall–Kier alpha value is -6.33. The lowest BCUT2D eigenvalue weighted by Crippen LogP contribution is -2.31. The van der Waals surface area contributed by atoms with Crippen LogP contribution in [-0.2, 0) is 30.2 Å². The topological polar surface area (TPSA) is 208 Å². The molecule has 0 fully saturated rings. The second-order valence-corrected chi connectivity index (χ2v) is 12.6. The Morgan fingerprint density at radius 1 is 0.964 bits per heavy atom. The molecule has 0 saturated carbocycles. The molecule has 2 heterocycles. The molecule has 0 aliphatic carbocycles. The van der Waals surface area contributed by atoms with Crippen molar-refractivity contribution in [3.63, 3.8) is 0 Å². The Morgan fingerprint density at radius 3 is 2.32 bits per heavy atom. The highest BCUT2D eigenvalue weighted by molar-refractivity contribution is 6.04. The van der Waals surface area contributed by atoms with Gasteiger partial charge in [-0.05, 0) is 42.9 Å². The number of hydrogen-bond donors (Lipinski definition) is 2. The Bertz CT molecular complexity index is 1920. The molecule has 2 aromatic carbocycles.